The number of anilines is 3. The summed E-state index contributed by atoms with van der Waals surface area (Å²) in [5.74, 6) is 2.70. The number of nitrogens with one attached hydrogen (secondary N) is 1. The standard InChI is InChI=1S/C20H23N5O3/c1-2-11-27-16-5-3-15(4-6-16)17-14-19(28-24-17)22-18-7-8-21-20(23-18)25-9-12-26-13-10-25/h3-8,14H,2,9-13H2,1H3,(H,21,22,23). The molecule has 3 heterocycles. The molecule has 4 rings (SSSR count). The fraction of sp³-hybridized carbons (Fsp3) is 0.350. The minimum Gasteiger partial charge on any atom is -0.494 e. The van der Waals surface area contributed by atoms with E-state index >= 15 is 0 Å². The van der Waals surface area contributed by atoms with Crippen molar-refractivity contribution in [2.45, 2.75) is 13.3 Å². The average molecular weight is 381 g/mol. The maximum absolute atomic E-state index is 5.61. The molecule has 8 heteroatoms. The second kappa shape index (κ2) is 8.71. The number of hydrogen-bond donors (Lipinski definition) is 1. The van der Waals surface area contributed by atoms with Gasteiger partial charge in [0.2, 0.25) is 11.8 Å². The van der Waals surface area contributed by atoms with Gasteiger partial charge in [-0.15, -0.1) is 0 Å². The molecule has 146 valence electrons. The summed E-state index contributed by atoms with van der Waals surface area (Å²) in [6.07, 6.45) is 2.71. The Balaban J connectivity index is 1.43. The van der Waals surface area contributed by atoms with E-state index in [1.807, 2.05) is 30.3 Å². The van der Waals surface area contributed by atoms with Crippen LogP contribution in [0.5, 0.6) is 5.75 Å². The van der Waals surface area contributed by atoms with Gasteiger partial charge in [-0.3, -0.25) is 0 Å². The zero-order valence-corrected chi connectivity index (χ0v) is 15.8. The zero-order valence-electron chi connectivity index (χ0n) is 15.8. The normalized spacial score (nSPS) is 14.1. The minimum atomic E-state index is 0.521. The van der Waals surface area contributed by atoms with Crippen LogP contribution in [0.1, 0.15) is 13.3 Å². The monoisotopic (exact) mass is 381 g/mol. The molecular weight excluding hydrogens is 358 g/mol. The molecule has 0 unspecified atom stereocenters. The minimum absolute atomic E-state index is 0.521. The zero-order chi connectivity index (χ0) is 19.2. The maximum atomic E-state index is 5.61. The summed E-state index contributed by atoms with van der Waals surface area (Å²) >= 11 is 0. The van der Waals surface area contributed by atoms with Crippen molar-refractivity contribution < 1.29 is 14.0 Å². The van der Waals surface area contributed by atoms with Crippen molar-refractivity contribution in [2.24, 2.45) is 0 Å². The van der Waals surface area contributed by atoms with Crippen molar-refractivity contribution in [3.63, 3.8) is 0 Å². The lowest BCUT2D eigenvalue weighted by atomic mass is 10.1. The van der Waals surface area contributed by atoms with Crippen molar-refractivity contribution >= 4 is 17.7 Å². The number of rotatable bonds is 7. The molecule has 0 aliphatic carbocycles. The first-order chi connectivity index (χ1) is 13.8. The van der Waals surface area contributed by atoms with Crippen LogP contribution in [0, 0.1) is 0 Å². The van der Waals surface area contributed by atoms with Crippen LogP contribution in [0.25, 0.3) is 11.3 Å². The lowest BCUT2D eigenvalue weighted by Crippen LogP contribution is -2.37. The molecule has 1 aromatic carbocycles. The van der Waals surface area contributed by atoms with Gasteiger partial charge in [0.1, 0.15) is 17.3 Å². The Bertz CT molecular complexity index is 891. The van der Waals surface area contributed by atoms with Crippen LogP contribution in [-0.2, 0) is 4.74 Å². The molecule has 1 N–H and O–H groups in total. The van der Waals surface area contributed by atoms with Gasteiger partial charge in [-0.25, -0.2) is 4.98 Å². The summed E-state index contributed by atoms with van der Waals surface area (Å²) in [6.45, 7) is 5.74. The van der Waals surface area contributed by atoms with Gasteiger partial charge < -0.3 is 24.2 Å². The molecule has 1 saturated heterocycles. The number of hydrogen-bond acceptors (Lipinski definition) is 8. The van der Waals surface area contributed by atoms with E-state index in [2.05, 4.69) is 32.3 Å². The van der Waals surface area contributed by atoms with Gasteiger partial charge in [-0.1, -0.05) is 12.1 Å². The highest BCUT2D eigenvalue weighted by Gasteiger charge is 2.14. The molecule has 0 spiro atoms. The predicted octanol–water partition coefficient (Wildman–Crippen LogP) is 3.50. The molecule has 1 aliphatic heterocycles. The van der Waals surface area contributed by atoms with Crippen molar-refractivity contribution in [3.05, 3.63) is 42.6 Å². The Labute approximate surface area is 163 Å². The number of benzene rings is 1. The van der Waals surface area contributed by atoms with Crippen LogP contribution in [0.15, 0.2) is 47.1 Å². The smallest absolute Gasteiger partial charge is 0.230 e. The first-order valence-electron chi connectivity index (χ1n) is 9.44. The second-order valence-corrected chi connectivity index (χ2v) is 6.42. The van der Waals surface area contributed by atoms with E-state index < -0.39 is 0 Å². The Kier molecular flexibility index (Phi) is 5.67. The summed E-state index contributed by atoms with van der Waals surface area (Å²) in [6, 6.07) is 11.4. The Morgan fingerprint density at radius 3 is 2.75 bits per heavy atom. The van der Waals surface area contributed by atoms with E-state index in [9.17, 15) is 0 Å². The Morgan fingerprint density at radius 2 is 1.96 bits per heavy atom. The predicted molar refractivity (Wildman–Crippen MR) is 106 cm³/mol. The first-order valence-corrected chi connectivity index (χ1v) is 9.44. The highest BCUT2D eigenvalue weighted by atomic mass is 16.5. The average Bonchev–Trinajstić information content (AvgIpc) is 3.22. The van der Waals surface area contributed by atoms with Crippen LogP contribution < -0.4 is 15.0 Å². The fourth-order valence-electron chi connectivity index (χ4n) is 2.87. The lowest BCUT2D eigenvalue weighted by molar-refractivity contribution is 0.122. The SMILES string of the molecule is CCCOc1ccc(-c2cc(Nc3ccnc(N4CCOCC4)n3)on2)cc1. The molecule has 3 aromatic rings. The third kappa shape index (κ3) is 4.40. The summed E-state index contributed by atoms with van der Waals surface area (Å²) in [7, 11) is 0. The molecule has 0 amide bonds. The van der Waals surface area contributed by atoms with Crippen molar-refractivity contribution in [3.8, 4) is 17.0 Å². The molecular formula is C20H23N5O3. The molecule has 1 fully saturated rings. The van der Waals surface area contributed by atoms with Gasteiger partial charge in [-0.05, 0) is 36.8 Å². The van der Waals surface area contributed by atoms with Crippen molar-refractivity contribution in [1.29, 1.82) is 0 Å². The van der Waals surface area contributed by atoms with E-state index in [4.69, 9.17) is 14.0 Å². The third-order valence-corrected chi connectivity index (χ3v) is 4.32. The van der Waals surface area contributed by atoms with Gasteiger partial charge in [0.15, 0.2) is 0 Å². The summed E-state index contributed by atoms with van der Waals surface area (Å²) in [5, 5.41) is 7.29. The van der Waals surface area contributed by atoms with Gasteiger partial charge >= 0.3 is 0 Å². The third-order valence-electron chi connectivity index (χ3n) is 4.32. The number of aromatic nitrogens is 3. The lowest BCUT2D eigenvalue weighted by Gasteiger charge is -2.26. The highest BCUT2D eigenvalue weighted by molar-refractivity contribution is 5.64. The quantitative estimate of drug-likeness (QED) is 0.666. The van der Waals surface area contributed by atoms with Gasteiger partial charge in [-0.2, -0.15) is 4.98 Å². The first kappa shape index (κ1) is 18.2. The summed E-state index contributed by atoms with van der Waals surface area (Å²) in [4.78, 5) is 11.0. The van der Waals surface area contributed by atoms with Gasteiger partial charge in [0.25, 0.3) is 0 Å². The summed E-state index contributed by atoms with van der Waals surface area (Å²) < 4.78 is 16.4. The Morgan fingerprint density at radius 1 is 1.14 bits per heavy atom. The molecule has 0 atom stereocenters. The van der Waals surface area contributed by atoms with E-state index in [0.29, 0.717) is 37.5 Å². The molecule has 0 bridgehead atoms. The molecule has 0 radical (unpaired) electrons. The molecule has 2 aromatic heterocycles. The van der Waals surface area contributed by atoms with E-state index in [1.165, 1.54) is 0 Å². The molecule has 0 saturated carbocycles. The van der Waals surface area contributed by atoms with Crippen LogP contribution >= 0.6 is 0 Å². The van der Waals surface area contributed by atoms with Crippen molar-refractivity contribution in [2.75, 3.05) is 43.1 Å². The molecule has 1 aliphatic rings. The van der Waals surface area contributed by atoms with E-state index in [0.717, 1.165) is 36.5 Å². The van der Waals surface area contributed by atoms with E-state index in [1.54, 1.807) is 12.3 Å². The van der Waals surface area contributed by atoms with Gasteiger partial charge in [0.05, 0.1) is 19.8 Å². The van der Waals surface area contributed by atoms with Crippen LogP contribution in [0.4, 0.5) is 17.7 Å². The molecule has 8 nitrogen and oxygen atoms in total. The second-order valence-electron chi connectivity index (χ2n) is 6.42. The van der Waals surface area contributed by atoms with Crippen LogP contribution in [0.3, 0.4) is 0 Å². The van der Waals surface area contributed by atoms with E-state index in [-0.39, 0.29) is 0 Å². The fourth-order valence-corrected chi connectivity index (χ4v) is 2.87. The maximum Gasteiger partial charge on any atom is 0.230 e. The number of ether oxygens (including phenoxy) is 2. The van der Waals surface area contributed by atoms with Crippen LogP contribution in [-0.4, -0.2) is 48.0 Å². The largest absolute Gasteiger partial charge is 0.494 e. The number of morpholine rings is 1. The van der Waals surface area contributed by atoms with Crippen LogP contribution in [0.2, 0.25) is 0 Å². The van der Waals surface area contributed by atoms with Crippen molar-refractivity contribution in [1.82, 2.24) is 15.1 Å². The topological polar surface area (TPSA) is 85.5 Å². The summed E-state index contributed by atoms with van der Waals surface area (Å²) in [5.41, 5.74) is 1.70. The van der Waals surface area contributed by atoms with Gasteiger partial charge in [0, 0.05) is 30.9 Å². The number of nitrogens with zero attached hydrogens (tertiary/aromatic N) is 4. The molecule has 28 heavy (non-hydrogen) atoms. The highest BCUT2D eigenvalue weighted by Crippen LogP contribution is 2.26. The Hall–Kier alpha value is -3.13.